The van der Waals surface area contributed by atoms with Gasteiger partial charge in [0.2, 0.25) is 0 Å². The van der Waals surface area contributed by atoms with Crippen molar-refractivity contribution in [1.29, 1.82) is 0 Å². The van der Waals surface area contributed by atoms with Gasteiger partial charge in [-0.25, -0.2) is 9.37 Å². The summed E-state index contributed by atoms with van der Waals surface area (Å²) in [5.41, 5.74) is 0.681. The molecule has 5 heteroatoms. The van der Waals surface area contributed by atoms with Gasteiger partial charge >= 0.3 is 0 Å². The molecule has 0 saturated heterocycles. The molecule has 0 atom stereocenters. The van der Waals surface area contributed by atoms with E-state index < -0.39 is 5.82 Å². The molecule has 0 N–H and O–H groups in total. The van der Waals surface area contributed by atoms with Gasteiger partial charge in [-0.15, -0.1) is 11.3 Å². The molecular weight excluding hydrogens is 261 g/mol. The van der Waals surface area contributed by atoms with Crippen molar-refractivity contribution < 1.29 is 9.18 Å². The quantitative estimate of drug-likeness (QED) is 0.796. The predicted molar refractivity (Wildman–Crippen MR) is 66.3 cm³/mol. The van der Waals surface area contributed by atoms with Crippen LogP contribution in [0.15, 0.2) is 23.6 Å². The molecule has 2 rings (SSSR count). The number of benzene rings is 1. The summed E-state index contributed by atoms with van der Waals surface area (Å²) in [5.74, 6) is -0.860. The summed E-state index contributed by atoms with van der Waals surface area (Å²) in [4.78, 5) is 16.0. The Morgan fingerprint density at radius 1 is 1.53 bits per heavy atom. The number of hydrogen-bond donors (Lipinski definition) is 0. The van der Waals surface area contributed by atoms with Crippen molar-refractivity contribution in [2.45, 2.75) is 13.3 Å². The Labute approximate surface area is 107 Å². The third-order valence-corrected chi connectivity index (χ3v) is 3.29. The molecule has 1 aromatic heterocycles. The van der Waals surface area contributed by atoms with Crippen LogP contribution in [0.2, 0.25) is 5.02 Å². The number of hydrogen-bond acceptors (Lipinski definition) is 3. The lowest BCUT2D eigenvalue weighted by Gasteiger charge is -2.01. The second kappa shape index (κ2) is 4.94. The molecule has 0 radical (unpaired) electrons. The van der Waals surface area contributed by atoms with Gasteiger partial charge in [0.15, 0.2) is 5.78 Å². The van der Waals surface area contributed by atoms with Crippen molar-refractivity contribution in [3.8, 4) is 0 Å². The largest absolute Gasteiger partial charge is 0.294 e. The average molecular weight is 270 g/mol. The summed E-state index contributed by atoms with van der Waals surface area (Å²) in [6, 6.07) is 3.96. The second-order valence-corrected chi connectivity index (χ2v) is 5.08. The molecule has 0 unspecified atom stereocenters. The maximum absolute atomic E-state index is 13.4. The van der Waals surface area contributed by atoms with E-state index in [-0.39, 0.29) is 17.8 Å². The number of nitrogens with zero attached hydrogens (tertiary/aromatic N) is 1. The van der Waals surface area contributed by atoms with Gasteiger partial charge in [0.25, 0.3) is 0 Å². The van der Waals surface area contributed by atoms with Gasteiger partial charge in [-0.05, 0) is 25.1 Å². The van der Waals surface area contributed by atoms with Gasteiger partial charge in [-0.1, -0.05) is 11.6 Å². The number of thiazole rings is 1. The Balaban J connectivity index is 2.22. The number of aromatic nitrogens is 1. The molecule has 17 heavy (non-hydrogen) atoms. The highest BCUT2D eigenvalue weighted by Crippen LogP contribution is 2.17. The minimum atomic E-state index is -0.550. The van der Waals surface area contributed by atoms with Crippen LogP contribution >= 0.6 is 22.9 Å². The number of Topliss-reactive ketones (excluding diaryl/α,β-unsaturated/α-hetero) is 1. The van der Waals surface area contributed by atoms with E-state index in [1.807, 2.05) is 6.92 Å². The van der Waals surface area contributed by atoms with Crippen LogP contribution in [-0.4, -0.2) is 10.8 Å². The monoisotopic (exact) mass is 269 g/mol. The predicted octanol–water partition coefficient (Wildman–Crippen LogP) is 3.67. The van der Waals surface area contributed by atoms with Crippen molar-refractivity contribution in [2.75, 3.05) is 0 Å². The molecule has 0 saturated carbocycles. The zero-order chi connectivity index (χ0) is 12.4. The molecule has 0 bridgehead atoms. The summed E-state index contributed by atoms with van der Waals surface area (Å²) in [5, 5.41) is 3.04. The van der Waals surface area contributed by atoms with E-state index in [1.165, 1.54) is 29.5 Å². The maximum atomic E-state index is 13.4. The first-order chi connectivity index (χ1) is 8.06. The Morgan fingerprint density at radius 3 is 2.94 bits per heavy atom. The summed E-state index contributed by atoms with van der Waals surface area (Å²) >= 11 is 7.20. The number of rotatable bonds is 3. The van der Waals surface area contributed by atoms with E-state index in [4.69, 9.17) is 11.6 Å². The fraction of sp³-hybridized carbons (Fsp3) is 0.167. The standard InChI is InChI=1S/C12H9ClFNOS/c1-7-15-9(6-17-7)5-12(16)10-4-8(13)2-3-11(10)14/h2-4,6H,5H2,1H3. The first-order valence-corrected chi connectivity index (χ1v) is 6.21. The first-order valence-electron chi connectivity index (χ1n) is 4.95. The third kappa shape index (κ3) is 2.90. The average Bonchev–Trinajstić information content (AvgIpc) is 2.67. The molecule has 0 aliphatic carbocycles. The van der Waals surface area contributed by atoms with E-state index >= 15 is 0 Å². The topological polar surface area (TPSA) is 30.0 Å². The molecular formula is C12H9ClFNOS. The van der Waals surface area contributed by atoms with Crippen LogP contribution < -0.4 is 0 Å². The zero-order valence-electron chi connectivity index (χ0n) is 9.04. The van der Waals surface area contributed by atoms with Crippen molar-refractivity contribution >= 4 is 28.7 Å². The van der Waals surface area contributed by atoms with Crippen LogP contribution in [0.1, 0.15) is 21.1 Å². The van der Waals surface area contributed by atoms with Gasteiger partial charge in [0.05, 0.1) is 22.7 Å². The molecule has 0 amide bonds. The summed E-state index contributed by atoms with van der Waals surface area (Å²) in [6.45, 7) is 1.86. The summed E-state index contributed by atoms with van der Waals surface area (Å²) in [6.07, 6.45) is 0.0988. The highest BCUT2D eigenvalue weighted by Gasteiger charge is 2.14. The van der Waals surface area contributed by atoms with Gasteiger partial charge in [-0.2, -0.15) is 0 Å². The molecule has 2 aromatic rings. The number of carbonyl (C=O) groups is 1. The van der Waals surface area contributed by atoms with E-state index in [2.05, 4.69) is 4.98 Å². The van der Waals surface area contributed by atoms with Crippen molar-refractivity contribution in [3.05, 3.63) is 50.7 Å². The van der Waals surface area contributed by atoms with Crippen molar-refractivity contribution in [3.63, 3.8) is 0 Å². The second-order valence-electron chi connectivity index (χ2n) is 3.58. The first kappa shape index (κ1) is 12.2. The normalized spacial score (nSPS) is 10.5. The van der Waals surface area contributed by atoms with E-state index in [9.17, 15) is 9.18 Å². The number of ketones is 1. The SMILES string of the molecule is Cc1nc(CC(=O)c2cc(Cl)ccc2F)cs1. The van der Waals surface area contributed by atoms with E-state index in [1.54, 1.807) is 5.38 Å². The van der Waals surface area contributed by atoms with Crippen LogP contribution in [0.3, 0.4) is 0 Å². The highest BCUT2D eigenvalue weighted by molar-refractivity contribution is 7.09. The maximum Gasteiger partial charge on any atom is 0.171 e. The van der Waals surface area contributed by atoms with Crippen LogP contribution in [0.5, 0.6) is 0 Å². The van der Waals surface area contributed by atoms with Gasteiger partial charge in [0, 0.05) is 10.4 Å². The highest BCUT2D eigenvalue weighted by atomic mass is 35.5. The summed E-state index contributed by atoms with van der Waals surface area (Å²) in [7, 11) is 0. The van der Waals surface area contributed by atoms with Crippen LogP contribution in [0.4, 0.5) is 4.39 Å². The zero-order valence-corrected chi connectivity index (χ0v) is 10.6. The van der Waals surface area contributed by atoms with E-state index in [0.717, 1.165) is 5.01 Å². The Bertz CT molecular complexity index is 567. The number of carbonyl (C=O) groups excluding carboxylic acids is 1. The minimum Gasteiger partial charge on any atom is -0.294 e. The van der Waals surface area contributed by atoms with Crippen LogP contribution in [-0.2, 0) is 6.42 Å². The molecule has 1 aromatic carbocycles. The van der Waals surface area contributed by atoms with Gasteiger partial charge < -0.3 is 0 Å². The lowest BCUT2D eigenvalue weighted by Crippen LogP contribution is -2.06. The van der Waals surface area contributed by atoms with Gasteiger partial charge in [-0.3, -0.25) is 4.79 Å². The summed E-state index contributed by atoms with van der Waals surface area (Å²) < 4.78 is 13.4. The van der Waals surface area contributed by atoms with E-state index in [0.29, 0.717) is 10.7 Å². The molecule has 0 aliphatic heterocycles. The van der Waals surface area contributed by atoms with Crippen molar-refractivity contribution in [2.24, 2.45) is 0 Å². The fourth-order valence-corrected chi connectivity index (χ4v) is 2.25. The number of aryl methyl sites for hydroxylation is 1. The lowest BCUT2D eigenvalue weighted by molar-refractivity contribution is 0.0988. The molecule has 0 aliphatic rings. The molecule has 0 spiro atoms. The van der Waals surface area contributed by atoms with Crippen molar-refractivity contribution in [1.82, 2.24) is 4.98 Å². The Hall–Kier alpha value is -1.26. The molecule has 88 valence electrons. The number of halogens is 2. The van der Waals surface area contributed by atoms with Crippen LogP contribution in [0.25, 0.3) is 0 Å². The van der Waals surface area contributed by atoms with Gasteiger partial charge in [0.1, 0.15) is 5.82 Å². The smallest absolute Gasteiger partial charge is 0.171 e. The molecule has 1 heterocycles. The third-order valence-electron chi connectivity index (χ3n) is 2.24. The Kier molecular flexibility index (Phi) is 3.54. The molecule has 0 fully saturated rings. The molecule has 2 nitrogen and oxygen atoms in total. The fourth-order valence-electron chi connectivity index (χ4n) is 1.46. The Morgan fingerprint density at radius 2 is 2.29 bits per heavy atom. The van der Waals surface area contributed by atoms with Crippen LogP contribution in [0, 0.1) is 12.7 Å². The lowest BCUT2D eigenvalue weighted by atomic mass is 10.1. The minimum absolute atomic E-state index is 0.0168.